The Kier molecular flexibility index (Phi) is 7.32. The highest BCUT2D eigenvalue weighted by molar-refractivity contribution is 7.14. The maximum absolute atomic E-state index is 13.0. The van der Waals surface area contributed by atoms with Crippen LogP contribution < -0.4 is 10.2 Å². The monoisotopic (exact) mass is 480 g/mol. The molecule has 0 bridgehead atoms. The van der Waals surface area contributed by atoms with Gasteiger partial charge in [0.05, 0.1) is 5.69 Å². The quantitative estimate of drug-likeness (QED) is 0.517. The number of anilines is 2. The molecule has 0 aliphatic carbocycles. The number of amides is 2. The fraction of sp³-hybridized carbons (Fsp3) is 0.280. The maximum Gasteiger partial charge on any atom is 0.257 e. The minimum absolute atomic E-state index is 0.0458. The van der Waals surface area contributed by atoms with Crippen LogP contribution in [-0.2, 0) is 11.2 Å². The van der Waals surface area contributed by atoms with E-state index in [1.807, 2.05) is 34.5 Å². The molecule has 9 heteroatoms. The van der Waals surface area contributed by atoms with Gasteiger partial charge in [0.25, 0.3) is 5.91 Å². The zero-order chi connectivity index (χ0) is 24.1. The molecule has 7 nitrogen and oxygen atoms in total. The molecule has 34 heavy (non-hydrogen) atoms. The van der Waals surface area contributed by atoms with Crippen molar-refractivity contribution in [1.29, 1.82) is 0 Å². The molecule has 2 heterocycles. The first-order chi connectivity index (χ1) is 16.4. The van der Waals surface area contributed by atoms with Gasteiger partial charge in [-0.15, -0.1) is 11.3 Å². The van der Waals surface area contributed by atoms with Gasteiger partial charge in [-0.05, 0) is 61.9 Å². The molecule has 2 aromatic carbocycles. The average molecular weight is 481 g/mol. The number of rotatable bonds is 7. The standard InChI is InChI=1S/C25H25FN4O3S/c1-17(31)18-4-9-22(10-5-18)29-12-14-30(15-13-29)23(32)11-8-21-16-34-25(27-21)28-24(33)19-2-6-20(26)7-3-19/h2-7,9-10,16H,8,11-15H2,1H3,(H,27,28,33). The molecule has 1 saturated heterocycles. The van der Waals surface area contributed by atoms with Gasteiger partial charge in [0.15, 0.2) is 10.9 Å². The molecule has 0 unspecified atom stereocenters. The second kappa shape index (κ2) is 10.6. The van der Waals surface area contributed by atoms with Crippen LogP contribution in [0.25, 0.3) is 0 Å². The molecule has 3 aromatic rings. The van der Waals surface area contributed by atoms with E-state index < -0.39 is 5.82 Å². The topological polar surface area (TPSA) is 82.6 Å². The number of nitrogens with zero attached hydrogens (tertiary/aromatic N) is 3. The summed E-state index contributed by atoms with van der Waals surface area (Å²) in [6, 6.07) is 12.9. The molecule has 4 rings (SSSR count). The van der Waals surface area contributed by atoms with Crippen molar-refractivity contribution in [2.45, 2.75) is 19.8 Å². The summed E-state index contributed by atoms with van der Waals surface area (Å²) < 4.78 is 13.0. The number of nitrogens with one attached hydrogen (secondary N) is 1. The van der Waals surface area contributed by atoms with Gasteiger partial charge in [0.2, 0.25) is 5.91 Å². The number of ketones is 1. The number of aromatic nitrogens is 1. The number of carbonyl (C=O) groups excluding carboxylic acids is 3. The molecule has 1 N–H and O–H groups in total. The van der Waals surface area contributed by atoms with Crippen LogP contribution in [0.15, 0.2) is 53.9 Å². The lowest BCUT2D eigenvalue weighted by Gasteiger charge is -2.36. The van der Waals surface area contributed by atoms with Crippen molar-refractivity contribution in [2.75, 3.05) is 36.4 Å². The van der Waals surface area contributed by atoms with Gasteiger partial charge in [-0.25, -0.2) is 9.37 Å². The van der Waals surface area contributed by atoms with Gasteiger partial charge in [0, 0.05) is 54.8 Å². The van der Waals surface area contributed by atoms with Crippen molar-refractivity contribution < 1.29 is 18.8 Å². The summed E-state index contributed by atoms with van der Waals surface area (Å²) in [6.45, 7) is 4.31. The summed E-state index contributed by atoms with van der Waals surface area (Å²) in [7, 11) is 0. The van der Waals surface area contributed by atoms with Gasteiger partial charge in [-0.3, -0.25) is 19.7 Å². The van der Waals surface area contributed by atoms with Crippen LogP contribution in [0.2, 0.25) is 0 Å². The summed E-state index contributed by atoms with van der Waals surface area (Å²) in [6.07, 6.45) is 0.844. The molecule has 0 radical (unpaired) electrons. The third-order valence-electron chi connectivity index (χ3n) is 5.74. The van der Waals surface area contributed by atoms with Crippen LogP contribution in [0, 0.1) is 5.82 Å². The smallest absolute Gasteiger partial charge is 0.257 e. The van der Waals surface area contributed by atoms with E-state index >= 15 is 0 Å². The minimum Gasteiger partial charge on any atom is -0.368 e. The largest absolute Gasteiger partial charge is 0.368 e. The van der Waals surface area contributed by atoms with E-state index in [9.17, 15) is 18.8 Å². The van der Waals surface area contributed by atoms with Gasteiger partial charge in [0.1, 0.15) is 5.82 Å². The van der Waals surface area contributed by atoms with Crippen LogP contribution in [-0.4, -0.2) is 53.7 Å². The number of piperazine rings is 1. The SMILES string of the molecule is CC(=O)c1ccc(N2CCN(C(=O)CCc3csc(NC(=O)c4ccc(F)cc4)n3)CC2)cc1. The van der Waals surface area contributed by atoms with Crippen molar-refractivity contribution in [1.82, 2.24) is 9.88 Å². The molecule has 1 aromatic heterocycles. The van der Waals surface area contributed by atoms with E-state index in [1.54, 1.807) is 6.92 Å². The summed E-state index contributed by atoms with van der Waals surface area (Å²) in [5.41, 5.74) is 2.84. The van der Waals surface area contributed by atoms with E-state index in [2.05, 4.69) is 15.2 Å². The molecular formula is C25H25FN4O3S. The Morgan fingerprint density at radius 1 is 0.971 bits per heavy atom. The first-order valence-corrected chi connectivity index (χ1v) is 11.9. The van der Waals surface area contributed by atoms with E-state index in [1.165, 1.54) is 35.6 Å². The first kappa shape index (κ1) is 23.6. The molecule has 0 atom stereocenters. The van der Waals surface area contributed by atoms with Crippen LogP contribution in [0.1, 0.15) is 39.8 Å². The molecule has 1 aliphatic rings. The molecule has 1 fully saturated rings. The van der Waals surface area contributed by atoms with Crippen molar-refractivity contribution in [3.05, 3.63) is 76.5 Å². The average Bonchev–Trinajstić information content (AvgIpc) is 3.30. The van der Waals surface area contributed by atoms with Crippen LogP contribution in [0.5, 0.6) is 0 Å². The Balaban J connectivity index is 1.23. The Morgan fingerprint density at radius 3 is 2.26 bits per heavy atom. The molecule has 0 spiro atoms. The lowest BCUT2D eigenvalue weighted by atomic mass is 10.1. The summed E-state index contributed by atoms with van der Waals surface area (Å²) >= 11 is 1.29. The van der Waals surface area contributed by atoms with Gasteiger partial charge < -0.3 is 9.80 Å². The van der Waals surface area contributed by atoms with E-state index in [4.69, 9.17) is 0 Å². The van der Waals surface area contributed by atoms with Crippen molar-refractivity contribution in [3.63, 3.8) is 0 Å². The molecule has 0 saturated carbocycles. The zero-order valence-electron chi connectivity index (χ0n) is 18.8. The second-order valence-electron chi connectivity index (χ2n) is 8.08. The third-order valence-corrected chi connectivity index (χ3v) is 6.55. The van der Waals surface area contributed by atoms with Gasteiger partial charge >= 0.3 is 0 Å². The predicted octanol–water partition coefficient (Wildman–Crippen LogP) is 4.02. The van der Waals surface area contributed by atoms with Crippen LogP contribution >= 0.6 is 11.3 Å². The van der Waals surface area contributed by atoms with Gasteiger partial charge in [-0.1, -0.05) is 0 Å². The Morgan fingerprint density at radius 2 is 1.62 bits per heavy atom. The maximum atomic E-state index is 13.0. The van der Waals surface area contributed by atoms with Crippen LogP contribution in [0.4, 0.5) is 15.2 Å². The molecule has 2 amide bonds. The van der Waals surface area contributed by atoms with Crippen molar-refractivity contribution in [2.24, 2.45) is 0 Å². The van der Waals surface area contributed by atoms with E-state index in [0.717, 1.165) is 24.5 Å². The lowest BCUT2D eigenvalue weighted by Crippen LogP contribution is -2.48. The zero-order valence-corrected chi connectivity index (χ0v) is 19.6. The minimum atomic E-state index is -0.400. The number of halogens is 1. The van der Waals surface area contributed by atoms with Crippen molar-refractivity contribution in [3.8, 4) is 0 Å². The number of aryl methyl sites for hydroxylation is 1. The molecule has 176 valence electrons. The summed E-state index contributed by atoms with van der Waals surface area (Å²) in [5, 5.41) is 4.98. The van der Waals surface area contributed by atoms with Crippen molar-refractivity contribution >= 4 is 39.8 Å². The highest BCUT2D eigenvalue weighted by Crippen LogP contribution is 2.20. The number of Topliss-reactive ketones (excluding diaryl/α,β-unsaturated/α-hetero) is 1. The highest BCUT2D eigenvalue weighted by atomic mass is 32.1. The summed E-state index contributed by atoms with van der Waals surface area (Å²) in [5.74, 6) is -0.630. The summed E-state index contributed by atoms with van der Waals surface area (Å²) in [4.78, 5) is 44.8. The lowest BCUT2D eigenvalue weighted by molar-refractivity contribution is -0.131. The van der Waals surface area contributed by atoms with Gasteiger partial charge in [-0.2, -0.15) is 0 Å². The number of hydrogen-bond donors (Lipinski definition) is 1. The Hall–Kier alpha value is -3.59. The van der Waals surface area contributed by atoms with E-state index in [0.29, 0.717) is 42.2 Å². The number of hydrogen-bond acceptors (Lipinski definition) is 6. The fourth-order valence-electron chi connectivity index (χ4n) is 3.76. The van der Waals surface area contributed by atoms with E-state index in [-0.39, 0.29) is 17.6 Å². The number of carbonyl (C=O) groups is 3. The highest BCUT2D eigenvalue weighted by Gasteiger charge is 2.21. The third kappa shape index (κ3) is 5.85. The number of benzene rings is 2. The first-order valence-electron chi connectivity index (χ1n) is 11.0. The second-order valence-corrected chi connectivity index (χ2v) is 8.93. The van der Waals surface area contributed by atoms with Crippen LogP contribution in [0.3, 0.4) is 0 Å². The Bertz CT molecular complexity index is 1170. The predicted molar refractivity (Wildman–Crippen MR) is 130 cm³/mol. The normalized spacial score (nSPS) is 13.6. The Labute approximate surface area is 201 Å². The fourth-order valence-corrected chi connectivity index (χ4v) is 4.50. The number of thiazole rings is 1. The molecular weight excluding hydrogens is 455 g/mol. The molecule has 1 aliphatic heterocycles.